The number of hydrogen-bond donors (Lipinski definition) is 0. The van der Waals surface area contributed by atoms with Gasteiger partial charge < -0.3 is 4.74 Å². The summed E-state index contributed by atoms with van der Waals surface area (Å²) < 4.78 is 5.93. The molecule has 0 aliphatic heterocycles. The van der Waals surface area contributed by atoms with Crippen molar-refractivity contribution >= 4 is 13.6 Å². The Morgan fingerprint density at radius 1 is 1.30 bits per heavy atom. The molecule has 0 bridgehead atoms. The number of carbonyl (C=O) groups is 1. The third kappa shape index (κ3) is 3.65. The summed E-state index contributed by atoms with van der Waals surface area (Å²) in [6.07, 6.45) is 4.42. The highest BCUT2D eigenvalue weighted by atomic mass is 16.5. The molecule has 1 aromatic rings. The van der Waals surface area contributed by atoms with Crippen LogP contribution in [0.3, 0.4) is 0 Å². The van der Waals surface area contributed by atoms with Crippen molar-refractivity contribution in [3.63, 3.8) is 0 Å². The maximum atomic E-state index is 12.0. The number of ketones is 1. The second-order valence-electron chi connectivity index (χ2n) is 6.88. The van der Waals surface area contributed by atoms with E-state index in [1.54, 1.807) is 0 Å². The predicted molar refractivity (Wildman–Crippen MR) is 85.7 cm³/mol. The third-order valence-corrected chi connectivity index (χ3v) is 4.13. The van der Waals surface area contributed by atoms with Crippen molar-refractivity contribution in [2.75, 3.05) is 6.61 Å². The number of hydrogen-bond acceptors (Lipinski definition) is 2. The second-order valence-corrected chi connectivity index (χ2v) is 6.88. The molecule has 0 heterocycles. The van der Waals surface area contributed by atoms with Crippen LogP contribution in [-0.2, 0) is 5.41 Å². The van der Waals surface area contributed by atoms with Crippen LogP contribution >= 0.6 is 0 Å². The first-order valence-corrected chi connectivity index (χ1v) is 7.71. The lowest BCUT2D eigenvalue weighted by Gasteiger charge is -2.26. The van der Waals surface area contributed by atoms with Crippen molar-refractivity contribution in [3.05, 3.63) is 29.3 Å². The summed E-state index contributed by atoms with van der Waals surface area (Å²) >= 11 is 0. The van der Waals surface area contributed by atoms with Crippen molar-refractivity contribution in [2.45, 2.75) is 51.8 Å². The Bertz CT molecular complexity index is 484. The topological polar surface area (TPSA) is 26.3 Å². The summed E-state index contributed by atoms with van der Waals surface area (Å²) in [4.78, 5) is 12.0. The molecule has 1 fully saturated rings. The van der Waals surface area contributed by atoms with Crippen LogP contribution in [0.5, 0.6) is 5.75 Å². The first kappa shape index (κ1) is 15.1. The van der Waals surface area contributed by atoms with E-state index in [0.717, 1.165) is 17.9 Å². The molecule has 1 aliphatic rings. The maximum absolute atomic E-state index is 12.0. The summed E-state index contributed by atoms with van der Waals surface area (Å²) in [7, 11) is 1.90. The van der Waals surface area contributed by atoms with Gasteiger partial charge in [-0.25, -0.2) is 0 Å². The standard InChI is InChI=1S/C17H25BO2/c1-17(2,3)14-7-13(16(19)10-18)8-15(9-14)20-11-12-5-4-6-12/h7-9,12H,4-6,10-11,18H2,1-3H3. The van der Waals surface area contributed by atoms with Crippen LogP contribution in [0.1, 0.15) is 56.0 Å². The van der Waals surface area contributed by atoms with Crippen molar-refractivity contribution in [1.82, 2.24) is 0 Å². The Kier molecular flexibility index (Phi) is 4.57. The zero-order valence-electron chi connectivity index (χ0n) is 13.2. The predicted octanol–water partition coefficient (Wildman–Crippen LogP) is 3.40. The summed E-state index contributed by atoms with van der Waals surface area (Å²) in [6, 6.07) is 6.01. The van der Waals surface area contributed by atoms with Gasteiger partial charge in [0.1, 0.15) is 13.6 Å². The fraction of sp³-hybridized carbons (Fsp3) is 0.588. The van der Waals surface area contributed by atoms with Gasteiger partial charge in [-0.1, -0.05) is 27.2 Å². The third-order valence-electron chi connectivity index (χ3n) is 4.13. The van der Waals surface area contributed by atoms with Crippen LogP contribution in [0, 0.1) is 5.92 Å². The molecule has 0 N–H and O–H groups in total. The zero-order chi connectivity index (χ0) is 14.8. The van der Waals surface area contributed by atoms with Gasteiger partial charge in [-0.3, -0.25) is 4.79 Å². The molecule has 2 rings (SSSR count). The summed E-state index contributed by atoms with van der Waals surface area (Å²) in [6.45, 7) is 7.28. The molecule has 20 heavy (non-hydrogen) atoms. The van der Waals surface area contributed by atoms with Gasteiger partial charge in [0.15, 0.2) is 5.78 Å². The molecule has 2 nitrogen and oxygen atoms in total. The van der Waals surface area contributed by atoms with Crippen LogP contribution in [0.15, 0.2) is 18.2 Å². The van der Waals surface area contributed by atoms with Gasteiger partial charge in [-0.2, -0.15) is 0 Å². The molecule has 108 valence electrons. The SMILES string of the molecule is BCC(=O)c1cc(OCC2CCC2)cc(C(C)(C)C)c1. The molecule has 0 unspecified atom stereocenters. The molecule has 0 amide bonds. The highest BCUT2D eigenvalue weighted by molar-refractivity contribution is 6.24. The molecular formula is C17H25BO2. The molecular weight excluding hydrogens is 247 g/mol. The van der Waals surface area contributed by atoms with E-state index in [-0.39, 0.29) is 11.2 Å². The van der Waals surface area contributed by atoms with Crippen LogP contribution in [0.2, 0.25) is 6.32 Å². The number of Topliss-reactive ketones (excluding diaryl/α,β-unsaturated/α-hetero) is 1. The number of carbonyl (C=O) groups excluding carboxylic acids is 1. The second kappa shape index (κ2) is 6.03. The van der Waals surface area contributed by atoms with E-state index in [9.17, 15) is 4.79 Å². The molecule has 0 spiro atoms. The molecule has 0 atom stereocenters. The highest BCUT2D eigenvalue weighted by Crippen LogP contribution is 2.30. The smallest absolute Gasteiger partial charge is 0.155 e. The van der Waals surface area contributed by atoms with Gasteiger partial charge in [-0.05, 0) is 54.3 Å². The molecule has 1 saturated carbocycles. The van der Waals surface area contributed by atoms with Gasteiger partial charge in [0.2, 0.25) is 0 Å². The minimum absolute atomic E-state index is 0.0264. The average molecular weight is 272 g/mol. The fourth-order valence-corrected chi connectivity index (χ4v) is 2.35. The van der Waals surface area contributed by atoms with Gasteiger partial charge >= 0.3 is 0 Å². The first-order valence-electron chi connectivity index (χ1n) is 7.71. The Morgan fingerprint density at radius 2 is 2.00 bits per heavy atom. The molecule has 3 heteroatoms. The Balaban J connectivity index is 2.22. The first-order chi connectivity index (χ1) is 9.40. The minimum Gasteiger partial charge on any atom is -0.493 e. The van der Waals surface area contributed by atoms with Crippen LogP contribution in [-0.4, -0.2) is 20.2 Å². The molecule has 1 aliphatic carbocycles. The van der Waals surface area contributed by atoms with Gasteiger partial charge in [0, 0.05) is 5.56 Å². The van der Waals surface area contributed by atoms with E-state index >= 15 is 0 Å². The van der Waals surface area contributed by atoms with Crippen molar-refractivity contribution in [2.24, 2.45) is 5.92 Å². The van der Waals surface area contributed by atoms with Crippen molar-refractivity contribution in [1.29, 1.82) is 0 Å². The zero-order valence-corrected chi connectivity index (χ0v) is 13.2. The Morgan fingerprint density at radius 3 is 2.50 bits per heavy atom. The lowest BCUT2D eigenvalue weighted by atomic mass is 9.84. The van der Waals surface area contributed by atoms with Crippen molar-refractivity contribution in [3.8, 4) is 5.75 Å². The monoisotopic (exact) mass is 272 g/mol. The van der Waals surface area contributed by atoms with E-state index in [0.29, 0.717) is 12.2 Å². The lowest BCUT2D eigenvalue weighted by Crippen LogP contribution is -2.20. The molecule has 1 aromatic carbocycles. The van der Waals surface area contributed by atoms with Crippen LogP contribution in [0.25, 0.3) is 0 Å². The average Bonchev–Trinajstić information content (AvgIpc) is 2.34. The highest BCUT2D eigenvalue weighted by Gasteiger charge is 2.20. The number of ether oxygens (including phenoxy) is 1. The van der Waals surface area contributed by atoms with Crippen LogP contribution < -0.4 is 4.74 Å². The van der Waals surface area contributed by atoms with E-state index < -0.39 is 0 Å². The maximum Gasteiger partial charge on any atom is 0.155 e. The van der Waals surface area contributed by atoms with E-state index in [1.807, 2.05) is 20.0 Å². The Labute approximate surface area is 123 Å². The molecule has 0 saturated heterocycles. The summed E-state index contributed by atoms with van der Waals surface area (Å²) in [5, 5.41) is 0. The summed E-state index contributed by atoms with van der Waals surface area (Å²) in [5.41, 5.74) is 1.97. The van der Waals surface area contributed by atoms with Crippen LogP contribution in [0.4, 0.5) is 0 Å². The number of rotatable bonds is 5. The van der Waals surface area contributed by atoms with Gasteiger partial charge in [0.25, 0.3) is 0 Å². The lowest BCUT2D eigenvalue weighted by molar-refractivity contribution is 0.101. The van der Waals surface area contributed by atoms with Crippen molar-refractivity contribution < 1.29 is 9.53 Å². The summed E-state index contributed by atoms with van der Waals surface area (Å²) in [5.74, 6) is 1.74. The van der Waals surface area contributed by atoms with E-state index in [1.165, 1.54) is 24.8 Å². The van der Waals surface area contributed by atoms with E-state index in [4.69, 9.17) is 4.74 Å². The van der Waals surface area contributed by atoms with Gasteiger partial charge in [-0.15, -0.1) is 0 Å². The molecule has 0 aromatic heterocycles. The number of benzene rings is 1. The normalized spacial score (nSPS) is 15.8. The Hall–Kier alpha value is -1.25. The van der Waals surface area contributed by atoms with E-state index in [2.05, 4.69) is 26.8 Å². The molecule has 0 radical (unpaired) electrons. The quantitative estimate of drug-likeness (QED) is 0.606. The largest absolute Gasteiger partial charge is 0.493 e. The fourth-order valence-electron chi connectivity index (χ4n) is 2.35. The minimum atomic E-state index is 0.0264. The van der Waals surface area contributed by atoms with Gasteiger partial charge in [0.05, 0.1) is 6.61 Å².